The number of amides is 1. The van der Waals surface area contributed by atoms with Crippen LogP contribution in [0.15, 0.2) is 48.5 Å². The van der Waals surface area contributed by atoms with Gasteiger partial charge in [-0.1, -0.05) is 43.6 Å². The molecular weight excluding hydrogens is 326 g/mol. The lowest BCUT2D eigenvalue weighted by Crippen LogP contribution is -2.33. The Morgan fingerprint density at radius 1 is 1.21 bits per heavy atom. The fourth-order valence-corrected chi connectivity index (χ4v) is 2.97. The quantitative estimate of drug-likeness (QED) is 0.780. The standard InChI is InChI=1S/C19H18ClNO3/c1-12(2)11-21-16-9-8-14(20)10-15(16)17(18(21)22)24-19(23)13-6-4-3-5-7-13/h3-10,12,17H,11H2,1-2H3. The van der Waals surface area contributed by atoms with E-state index in [4.69, 9.17) is 16.3 Å². The van der Waals surface area contributed by atoms with Crippen molar-refractivity contribution in [1.82, 2.24) is 0 Å². The SMILES string of the molecule is CC(C)CN1C(=O)C(OC(=O)c2ccccc2)c2cc(Cl)ccc21. The number of rotatable bonds is 4. The summed E-state index contributed by atoms with van der Waals surface area (Å²) >= 11 is 6.07. The number of esters is 1. The number of benzene rings is 2. The Balaban J connectivity index is 1.92. The van der Waals surface area contributed by atoms with Gasteiger partial charge in [0.15, 0.2) is 0 Å². The first-order valence-corrected chi connectivity index (χ1v) is 8.22. The number of anilines is 1. The summed E-state index contributed by atoms with van der Waals surface area (Å²) in [6.07, 6.45) is -0.954. The van der Waals surface area contributed by atoms with Crippen LogP contribution >= 0.6 is 11.6 Å². The van der Waals surface area contributed by atoms with Gasteiger partial charge in [0.2, 0.25) is 6.10 Å². The van der Waals surface area contributed by atoms with Gasteiger partial charge in [-0.3, -0.25) is 4.79 Å². The number of hydrogen-bond acceptors (Lipinski definition) is 3. The monoisotopic (exact) mass is 343 g/mol. The van der Waals surface area contributed by atoms with Crippen molar-refractivity contribution in [1.29, 1.82) is 0 Å². The lowest BCUT2D eigenvalue weighted by atomic mass is 10.1. The average molecular weight is 344 g/mol. The van der Waals surface area contributed by atoms with Crippen LogP contribution in [0.4, 0.5) is 5.69 Å². The molecule has 2 aromatic carbocycles. The molecule has 0 aromatic heterocycles. The molecule has 0 saturated carbocycles. The number of carbonyl (C=O) groups is 2. The van der Waals surface area contributed by atoms with Gasteiger partial charge in [0, 0.05) is 17.1 Å². The molecule has 3 rings (SSSR count). The summed E-state index contributed by atoms with van der Waals surface area (Å²) in [5, 5.41) is 0.508. The van der Waals surface area contributed by atoms with E-state index in [0.29, 0.717) is 28.6 Å². The molecule has 124 valence electrons. The third-order valence-electron chi connectivity index (χ3n) is 3.84. The number of hydrogen-bond donors (Lipinski definition) is 0. The fourth-order valence-electron chi connectivity index (χ4n) is 2.79. The van der Waals surface area contributed by atoms with E-state index < -0.39 is 12.1 Å². The maximum Gasteiger partial charge on any atom is 0.339 e. The van der Waals surface area contributed by atoms with Crippen LogP contribution < -0.4 is 4.90 Å². The van der Waals surface area contributed by atoms with Gasteiger partial charge in [0.25, 0.3) is 5.91 Å². The van der Waals surface area contributed by atoms with E-state index in [2.05, 4.69) is 0 Å². The second-order valence-corrected chi connectivity index (χ2v) is 6.63. The number of nitrogens with zero attached hydrogens (tertiary/aromatic N) is 1. The molecule has 1 unspecified atom stereocenters. The van der Waals surface area contributed by atoms with Gasteiger partial charge in [0.05, 0.1) is 11.3 Å². The molecule has 1 aliphatic heterocycles. The molecule has 0 bridgehead atoms. The molecule has 0 aliphatic carbocycles. The van der Waals surface area contributed by atoms with Crippen LogP contribution in [-0.2, 0) is 9.53 Å². The Kier molecular flexibility index (Phi) is 4.58. The van der Waals surface area contributed by atoms with Gasteiger partial charge in [-0.05, 0) is 36.2 Å². The largest absolute Gasteiger partial charge is 0.444 e. The Morgan fingerprint density at radius 3 is 2.58 bits per heavy atom. The second kappa shape index (κ2) is 6.65. The molecule has 24 heavy (non-hydrogen) atoms. The van der Waals surface area contributed by atoms with Crippen molar-refractivity contribution in [2.24, 2.45) is 5.92 Å². The maximum atomic E-state index is 12.8. The molecular formula is C19H18ClNO3. The van der Waals surface area contributed by atoms with Gasteiger partial charge < -0.3 is 9.64 Å². The van der Waals surface area contributed by atoms with Crippen LogP contribution in [0, 0.1) is 5.92 Å². The summed E-state index contributed by atoms with van der Waals surface area (Å²) in [6.45, 7) is 4.63. The van der Waals surface area contributed by atoms with Crippen LogP contribution in [0.5, 0.6) is 0 Å². The van der Waals surface area contributed by atoms with E-state index in [1.54, 1.807) is 47.4 Å². The zero-order chi connectivity index (χ0) is 17.3. The average Bonchev–Trinajstić information content (AvgIpc) is 2.80. The van der Waals surface area contributed by atoms with Crippen molar-refractivity contribution in [2.75, 3.05) is 11.4 Å². The first-order chi connectivity index (χ1) is 11.5. The zero-order valence-electron chi connectivity index (χ0n) is 13.5. The summed E-state index contributed by atoms with van der Waals surface area (Å²) in [5.74, 6) is -0.461. The highest BCUT2D eigenvalue weighted by Crippen LogP contribution is 2.40. The van der Waals surface area contributed by atoms with Crippen LogP contribution in [0.2, 0.25) is 5.02 Å². The Morgan fingerprint density at radius 2 is 1.92 bits per heavy atom. The van der Waals surface area contributed by atoms with Gasteiger partial charge in [-0.25, -0.2) is 4.79 Å². The van der Waals surface area contributed by atoms with Crippen molar-refractivity contribution in [3.63, 3.8) is 0 Å². The van der Waals surface area contributed by atoms with E-state index in [1.807, 2.05) is 19.9 Å². The van der Waals surface area contributed by atoms with Gasteiger partial charge >= 0.3 is 5.97 Å². The molecule has 1 aliphatic rings. The lowest BCUT2D eigenvalue weighted by molar-refractivity contribution is -0.126. The highest BCUT2D eigenvalue weighted by molar-refractivity contribution is 6.31. The molecule has 0 saturated heterocycles. The predicted molar refractivity (Wildman–Crippen MR) is 93.2 cm³/mol. The topological polar surface area (TPSA) is 46.6 Å². The molecule has 0 spiro atoms. The highest BCUT2D eigenvalue weighted by atomic mass is 35.5. The number of carbonyl (C=O) groups excluding carboxylic acids is 2. The van der Waals surface area contributed by atoms with Crippen molar-refractivity contribution < 1.29 is 14.3 Å². The molecule has 5 heteroatoms. The molecule has 0 N–H and O–H groups in total. The molecule has 1 amide bonds. The van der Waals surface area contributed by atoms with Crippen LogP contribution in [0.25, 0.3) is 0 Å². The van der Waals surface area contributed by atoms with Crippen LogP contribution in [0.1, 0.15) is 35.9 Å². The predicted octanol–water partition coefficient (Wildman–Crippen LogP) is 4.24. The van der Waals surface area contributed by atoms with Crippen LogP contribution in [0.3, 0.4) is 0 Å². The summed E-state index contributed by atoms with van der Waals surface area (Å²) in [6, 6.07) is 13.9. The maximum absolute atomic E-state index is 12.8. The van der Waals surface area contributed by atoms with Gasteiger partial charge in [-0.15, -0.1) is 0 Å². The first-order valence-electron chi connectivity index (χ1n) is 7.84. The van der Waals surface area contributed by atoms with Crippen molar-refractivity contribution in [3.8, 4) is 0 Å². The van der Waals surface area contributed by atoms with E-state index in [0.717, 1.165) is 5.69 Å². The molecule has 1 atom stereocenters. The third kappa shape index (κ3) is 3.15. The lowest BCUT2D eigenvalue weighted by Gasteiger charge is -2.20. The normalized spacial score (nSPS) is 16.4. The molecule has 4 nitrogen and oxygen atoms in total. The molecule has 2 aromatic rings. The molecule has 0 fully saturated rings. The van der Waals surface area contributed by atoms with Crippen LogP contribution in [-0.4, -0.2) is 18.4 Å². The summed E-state index contributed by atoms with van der Waals surface area (Å²) in [5.41, 5.74) is 1.80. The zero-order valence-corrected chi connectivity index (χ0v) is 14.3. The van der Waals surface area contributed by atoms with E-state index in [-0.39, 0.29) is 5.91 Å². The second-order valence-electron chi connectivity index (χ2n) is 6.20. The smallest absolute Gasteiger partial charge is 0.339 e. The fraction of sp³-hybridized carbons (Fsp3) is 0.263. The van der Waals surface area contributed by atoms with Crippen molar-refractivity contribution in [2.45, 2.75) is 20.0 Å². The first kappa shape index (κ1) is 16.5. The molecule has 0 radical (unpaired) electrons. The number of ether oxygens (including phenoxy) is 1. The number of fused-ring (bicyclic) bond motifs is 1. The Bertz CT molecular complexity index is 773. The minimum atomic E-state index is -0.954. The minimum absolute atomic E-state index is 0.231. The van der Waals surface area contributed by atoms with Gasteiger partial charge in [-0.2, -0.15) is 0 Å². The molecule has 1 heterocycles. The van der Waals surface area contributed by atoms with E-state index in [1.165, 1.54) is 0 Å². The van der Waals surface area contributed by atoms with Gasteiger partial charge in [0.1, 0.15) is 0 Å². The summed E-state index contributed by atoms with van der Waals surface area (Å²) in [7, 11) is 0. The van der Waals surface area contributed by atoms with E-state index >= 15 is 0 Å². The summed E-state index contributed by atoms with van der Waals surface area (Å²) < 4.78 is 5.51. The van der Waals surface area contributed by atoms with Crippen molar-refractivity contribution in [3.05, 3.63) is 64.7 Å². The number of halogens is 1. The highest BCUT2D eigenvalue weighted by Gasteiger charge is 2.40. The van der Waals surface area contributed by atoms with E-state index in [9.17, 15) is 9.59 Å². The Labute approximate surface area is 146 Å². The Hall–Kier alpha value is -2.33. The minimum Gasteiger partial charge on any atom is -0.444 e. The third-order valence-corrected chi connectivity index (χ3v) is 4.07. The van der Waals surface area contributed by atoms with Crippen molar-refractivity contribution >= 4 is 29.2 Å². The summed E-state index contributed by atoms with van der Waals surface area (Å²) in [4.78, 5) is 26.8.